The summed E-state index contributed by atoms with van der Waals surface area (Å²) in [5.41, 5.74) is 3.18. The van der Waals surface area contributed by atoms with Crippen LogP contribution in [0.1, 0.15) is 42.2 Å². The standard InChI is InChI=1S/C22H24N4O3S/c1-13-16(24-14(2)27)7-5-8-17(13)25-19(28)10-11-26-12-23-21-20(22(26)29)15-6-3-4-9-18(15)30-21/h5,7-8,12H,3-4,6,9-11H2,1-2H3,(H,24,27)(H,25,28). The number of fused-ring (bicyclic) bond motifs is 3. The second-order valence-corrected chi connectivity index (χ2v) is 8.68. The van der Waals surface area contributed by atoms with Crippen molar-refractivity contribution in [3.8, 4) is 0 Å². The summed E-state index contributed by atoms with van der Waals surface area (Å²) in [7, 11) is 0. The molecule has 0 saturated carbocycles. The monoisotopic (exact) mass is 424 g/mol. The molecule has 0 fully saturated rings. The molecule has 7 nitrogen and oxygen atoms in total. The Bertz CT molecular complexity index is 1200. The van der Waals surface area contributed by atoms with Crippen LogP contribution < -0.4 is 16.2 Å². The number of benzene rings is 1. The Kier molecular flexibility index (Phi) is 5.67. The van der Waals surface area contributed by atoms with Crippen LogP contribution in [0.2, 0.25) is 0 Å². The average molecular weight is 425 g/mol. The van der Waals surface area contributed by atoms with E-state index in [9.17, 15) is 14.4 Å². The summed E-state index contributed by atoms with van der Waals surface area (Å²) >= 11 is 1.62. The fourth-order valence-electron chi connectivity index (χ4n) is 3.87. The zero-order valence-electron chi connectivity index (χ0n) is 17.1. The third kappa shape index (κ3) is 4.00. The summed E-state index contributed by atoms with van der Waals surface area (Å²) in [5.74, 6) is -0.364. The van der Waals surface area contributed by atoms with E-state index in [0.717, 1.165) is 47.0 Å². The van der Waals surface area contributed by atoms with Gasteiger partial charge in [0.15, 0.2) is 0 Å². The van der Waals surface area contributed by atoms with E-state index >= 15 is 0 Å². The molecule has 1 aliphatic carbocycles. The van der Waals surface area contributed by atoms with E-state index in [0.29, 0.717) is 11.4 Å². The van der Waals surface area contributed by atoms with Crippen LogP contribution in [0.25, 0.3) is 10.2 Å². The highest BCUT2D eigenvalue weighted by Gasteiger charge is 2.20. The maximum Gasteiger partial charge on any atom is 0.262 e. The molecule has 2 heterocycles. The van der Waals surface area contributed by atoms with Crippen molar-refractivity contribution in [3.05, 3.63) is 50.9 Å². The molecule has 0 bridgehead atoms. The Morgan fingerprint density at radius 1 is 1.17 bits per heavy atom. The van der Waals surface area contributed by atoms with E-state index in [1.165, 1.54) is 16.4 Å². The molecule has 1 aromatic carbocycles. The summed E-state index contributed by atoms with van der Waals surface area (Å²) in [6.45, 7) is 3.55. The van der Waals surface area contributed by atoms with E-state index in [4.69, 9.17) is 0 Å². The predicted molar refractivity (Wildman–Crippen MR) is 119 cm³/mol. The number of hydrogen-bond acceptors (Lipinski definition) is 5. The molecule has 0 radical (unpaired) electrons. The Hall–Kier alpha value is -3.00. The minimum atomic E-state index is -0.197. The van der Waals surface area contributed by atoms with Crippen LogP contribution in [-0.4, -0.2) is 21.4 Å². The van der Waals surface area contributed by atoms with Gasteiger partial charge in [0, 0.05) is 36.1 Å². The Balaban J connectivity index is 1.48. The summed E-state index contributed by atoms with van der Waals surface area (Å²) in [6, 6.07) is 5.35. The topological polar surface area (TPSA) is 93.1 Å². The summed E-state index contributed by atoms with van der Waals surface area (Å²) < 4.78 is 1.53. The molecule has 4 rings (SSSR count). The number of aromatic nitrogens is 2. The van der Waals surface area contributed by atoms with Crippen molar-refractivity contribution in [3.63, 3.8) is 0 Å². The van der Waals surface area contributed by atoms with E-state index in [1.54, 1.807) is 35.9 Å². The fraction of sp³-hybridized carbons (Fsp3) is 0.364. The van der Waals surface area contributed by atoms with Crippen LogP contribution >= 0.6 is 11.3 Å². The van der Waals surface area contributed by atoms with Crippen molar-refractivity contribution in [1.29, 1.82) is 0 Å². The number of nitrogens with one attached hydrogen (secondary N) is 2. The van der Waals surface area contributed by atoms with E-state index < -0.39 is 0 Å². The first-order valence-corrected chi connectivity index (χ1v) is 10.9. The van der Waals surface area contributed by atoms with Crippen molar-refractivity contribution in [2.24, 2.45) is 0 Å². The Morgan fingerprint density at radius 2 is 1.90 bits per heavy atom. The summed E-state index contributed by atoms with van der Waals surface area (Å²) in [5, 5.41) is 6.35. The largest absolute Gasteiger partial charge is 0.326 e. The van der Waals surface area contributed by atoms with Gasteiger partial charge in [0.25, 0.3) is 5.56 Å². The van der Waals surface area contributed by atoms with Crippen molar-refractivity contribution >= 4 is 44.7 Å². The number of thiophene rings is 1. The molecule has 2 aromatic heterocycles. The van der Waals surface area contributed by atoms with Gasteiger partial charge in [-0.25, -0.2) is 4.98 Å². The second kappa shape index (κ2) is 8.39. The Morgan fingerprint density at radius 3 is 2.67 bits per heavy atom. The van der Waals surface area contributed by atoms with Gasteiger partial charge in [0.1, 0.15) is 4.83 Å². The van der Waals surface area contributed by atoms with Crippen LogP contribution in [0.15, 0.2) is 29.3 Å². The lowest BCUT2D eigenvalue weighted by molar-refractivity contribution is -0.116. The molecule has 3 aromatic rings. The molecule has 1 aliphatic rings. The average Bonchev–Trinajstić information content (AvgIpc) is 3.09. The molecule has 0 aliphatic heterocycles. The molecule has 0 unspecified atom stereocenters. The number of anilines is 2. The summed E-state index contributed by atoms with van der Waals surface area (Å²) in [6.07, 6.45) is 5.92. The third-order valence-corrected chi connectivity index (χ3v) is 6.64. The number of carbonyl (C=O) groups is 2. The maximum atomic E-state index is 13.0. The molecule has 0 spiro atoms. The number of amides is 2. The minimum absolute atomic E-state index is 0.0592. The highest BCUT2D eigenvalue weighted by Crippen LogP contribution is 2.33. The van der Waals surface area contributed by atoms with Crippen LogP contribution in [-0.2, 0) is 29.0 Å². The van der Waals surface area contributed by atoms with Crippen LogP contribution in [0, 0.1) is 6.92 Å². The molecular formula is C22H24N4O3S. The second-order valence-electron chi connectivity index (χ2n) is 7.59. The van der Waals surface area contributed by atoms with Crippen LogP contribution in [0.4, 0.5) is 11.4 Å². The van der Waals surface area contributed by atoms with Gasteiger partial charge in [0.05, 0.1) is 11.7 Å². The quantitative estimate of drug-likeness (QED) is 0.654. The zero-order valence-corrected chi connectivity index (χ0v) is 17.9. The highest BCUT2D eigenvalue weighted by molar-refractivity contribution is 7.18. The highest BCUT2D eigenvalue weighted by atomic mass is 32.1. The minimum Gasteiger partial charge on any atom is -0.326 e. The molecule has 8 heteroatoms. The van der Waals surface area contributed by atoms with Gasteiger partial charge in [0.2, 0.25) is 11.8 Å². The molecule has 0 atom stereocenters. The van der Waals surface area contributed by atoms with Crippen molar-refractivity contribution in [1.82, 2.24) is 9.55 Å². The van der Waals surface area contributed by atoms with Crippen molar-refractivity contribution < 1.29 is 9.59 Å². The van der Waals surface area contributed by atoms with Crippen molar-refractivity contribution in [2.75, 3.05) is 10.6 Å². The molecule has 30 heavy (non-hydrogen) atoms. The number of hydrogen-bond donors (Lipinski definition) is 2. The predicted octanol–water partition coefficient (Wildman–Crippen LogP) is 3.63. The molecule has 0 saturated heterocycles. The van der Waals surface area contributed by atoms with Gasteiger partial charge < -0.3 is 10.6 Å². The van der Waals surface area contributed by atoms with Gasteiger partial charge >= 0.3 is 0 Å². The van der Waals surface area contributed by atoms with E-state index in [2.05, 4.69) is 15.6 Å². The van der Waals surface area contributed by atoms with Crippen LogP contribution in [0.3, 0.4) is 0 Å². The Labute approximate surface area is 178 Å². The maximum absolute atomic E-state index is 13.0. The van der Waals surface area contributed by atoms with E-state index in [-0.39, 0.29) is 30.3 Å². The normalized spacial score (nSPS) is 13.1. The molecular weight excluding hydrogens is 400 g/mol. The molecule has 2 amide bonds. The van der Waals surface area contributed by atoms with Gasteiger partial charge in [-0.15, -0.1) is 11.3 Å². The fourth-order valence-corrected chi connectivity index (χ4v) is 5.09. The molecule has 2 N–H and O–H groups in total. The first-order valence-electron chi connectivity index (χ1n) is 10.1. The first-order chi connectivity index (χ1) is 14.4. The van der Waals surface area contributed by atoms with Gasteiger partial charge in [-0.05, 0) is 55.9 Å². The number of carbonyl (C=O) groups excluding carboxylic acids is 2. The zero-order chi connectivity index (χ0) is 21.3. The SMILES string of the molecule is CC(=O)Nc1cccc(NC(=O)CCn2cnc3sc4c(c3c2=O)CCCC4)c1C. The lowest BCUT2D eigenvalue weighted by atomic mass is 9.97. The summed E-state index contributed by atoms with van der Waals surface area (Å²) in [4.78, 5) is 43.4. The smallest absolute Gasteiger partial charge is 0.262 e. The number of rotatable bonds is 5. The van der Waals surface area contributed by atoms with Gasteiger partial charge in [-0.1, -0.05) is 6.07 Å². The lowest BCUT2D eigenvalue weighted by Crippen LogP contribution is -2.24. The lowest BCUT2D eigenvalue weighted by Gasteiger charge is -2.13. The van der Waals surface area contributed by atoms with Crippen molar-refractivity contribution in [2.45, 2.75) is 52.5 Å². The molecule has 156 valence electrons. The van der Waals surface area contributed by atoms with Crippen LogP contribution in [0.5, 0.6) is 0 Å². The third-order valence-electron chi connectivity index (χ3n) is 5.44. The van der Waals surface area contributed by atoms with Gasteiger partial charge in [-0.2, -0.15) is 0 Å². The van der Waals surface area contributed by atoms with Gasteiger partial charge in [-0.3, -0.25) is 19.0 Å². The first kappa shape index (κ1) is 20.3. The number of nitrogens with zero attached hydrogens (tertiary/aromatic N) is 2. The number of aryl methyl sites for hydroxylation is 3. The van der Waals surface area contributed by atoms with E-state index in [1.807, 2.05) is 6.92 Å².